The summed E-state index contributed by atoms with van der Waals surface area (Å²) in [6.45, 7) is 3.12. The molecule has 0 aromatic carbocycles. The van der Waals surface area contributed by atoms with Gasteiger partial charge in [-0.25, -0.2) is 0 Å². The first-order valence-electron chi connectivity index (χ1n) is 4.57. The van der Waals surface area contributed by atoms with Crippen LogP contribution >= 0.6 is 0 Å². The molecule has 0 fully saturated rings. The monoisotopic (exact) mass is 195 g/mol. The first-order valence-corrected chi connectivity index (χ1v) is 4.57. The molecule has 1 aromatic heterocycles. The number of hydrogen-bond acceptors (Lipinski definition) is 3. The van der Waals surface area contributed by atoms with E-state index in [4.69, 9.17) is 5.11 Å². The zero-order chi connectivity index (χ0) is 10.3. The molecule has 1 aliphatic heterocycles. The van der Waals surface area contributed by atoms with E-state index in [1.807, 2.05) is 6.92 Å². The Morgan fingerprint density at radius 2 is 2.43 bits per heavy atom. The molecule has 1 unspecified atom stereocenters. The van der Waals surface area contributed by atoms with Crippen molar-refractivity contribution >= 4 is 5.97 Å². The molecule has 1 atom stereocenters. The van der Waals surface area contributed by atoms with Gasteiger partial charge in [0.25, 0.3) is 0 Å². The second-order valence-electron chi connectivity index (χ2n) is 3.59. The van der Waals surface area contributed by atoms with Gasteiger partial charge in [-0.3, -0.25) is 9.48 Å². The first kappa shape index (κ1) is 9.21. The Balaban J connectivity index is 2.53. The van der Waals surface area contributed by atoms with Gasteiger partial charge in [0.05, 0.1) is 11.4 Å². The fourth-order valence-corrected chi connectivity index (χ4v) is 2.02. The molecule has 0 radical (unpaired) electrons. The van der Waals surface area contributed by atoms with Crippen molar-refractivity contribution in [3.63, 3.8) is 0 Å². The van der Waals surface area contributed by atoms with Crippen molar-refractivity contribution in [3.8, 4) is 0 Å². The minimum Gasteiger partial charge on any atom is -0.481 e. The lowest BCUT2D eigenvalue weighted by Crippen LogP contribution is -2.33. The number of aryl methyl sites for hydroxylation is 2. The Bertz CT molecular complexity index is 384. The minimum atomic E-state index is -0.790. The number of nitrogens with one attached hydrogen (secondary N) is 1. The molecule has 5 heteroatoms. The van der Waals surface area contributed by atoms with Crippen LogP contribution in [0.2, 0.25) is 0 Å². The average Bonchev–Trinajstić information content (AvgIpc) is 2.43. The van der Waals surface area contributed by atoms with Crippen LogP contribution in [0.4, 0.5) is 0 Å². The summed E-state index contributed by atoms with van der Waals surface area (Å²) in [5.41, 5.74) is 2.79. The van der Waals surface area contributed by atoms with Gasteiger partial charge < -0.3 is 10.4 Å². The predicted octanol–water partition coefficient (Wildman–Crippen LogP) is -0.0000800. The SMILES string of the molecule is Cc1nn(C)c2c1CNCC2C(=O)O. The number of hydrogen-bond donors (Lipinski definition) is 2. The molecule has 2 N–H and O–H groups in total. The Labute approximate surface area is 81.7 Å². The Morgan fingerprint density at radius 3 is 3.07 bits per heavy atom. The number of fused-ring (bicyclic) bond motifs is 1. The van der Waals surface area contributed by atoms with E-state index >= 15 is 0 Å². The van der Waals surface area contributed by atoms with Crippen molar-refractivity contribution in [2.45, 2.75) is 19.4 Å². The molecule has 0 saturated heterocycles. The highest BCUT2D eigenvalue weighted by Gasteiger charge is 2.30. The van der Waals surface area contributed by atoms with E-state index in [1.165, 1.54) is 0 Å². The van der Waals surface area contributed by atoms with Crippen LogP contribution in [0.15, 0.2) is 0 Å². The highest BCUT2D eigenvalue weighted by Crippen LogP contribution is 2.25. The summed E-state index contributed by atoms with van der Waals surface area (Å²) in [6.07, 6.45) is 0. The van der Waals surface area contributed by atoms with Gasteiger partial charge in [0.1, 0.15) is 5.92 Å². The molecule has 2 rings (SSSR count). The summed E-state index contributed by atoms with van der Waals surface area (Å²) in [6, 6.07) is 0. The zero-order valence-electron chi connectivity index (χ0n) is 8.24. The van der Waals surface area contributed by atoms with Crippen LogP contribution in [-0.2, 0) is 18.4 Å². The maximum atomic E-state index is 11.0. The highest BCUT2D eigenvalue weighted by molar-refractivity contribution is 5.76. The second-order valence-corrected chi connectivity index (χ2v) is 3.59. The third kappa shape index (κ3) is 1.21. The van der Waals surface area contributed by atoms with Crippen molar-refractivity contribution in [1.29, 1.82) is 0 Å². The van der Waals surface area contributed by atoms with Crippen LogP contribution in [-0.4, -0.2) is 27.4 Å². The number of carboxylic acids is 1. The van der Waals surface area contributed by atoms with Crippen LogP contribution in [0.5, 0.6) is 0 Å². The van der Waals surface area contributed by atoms with Gasteiger partial charge in [0.2, 0.25) is 0 Å². The summed E-state index contributed by atoms with van der Waals surface area (Å²) >= 11 is 0. The molecular formula is C9H13N3O2. The largest absolute Gasteiger partial charge is 0.481 e. The molecule has 76 valence electrons. The third-order valence-corrected chi connectivity index (χ3v) is 2.67. The van der Waals surface area contributed by atoms with Gasteiger partial charge in [-0.15, -0.1) is 0 Å². The molecule has 0 saturated carbocycles. The summed E-state index contributed by atoms with van der Waals surface area (Å²) < 4.78 is 1.68. The normalized spacial score (nSPS) is 20.6. The van der Waals surface area contributed by atoms with E-state index < -0.39 is 11.9 Å². The van der Waals surface area contributed by atoms with Gasteiger partial charge in [0, 0.05) is 25.7 Å². The molecule has 0 aliphatic carbocycles. The summed E-state index contributed by atoms with van der Waals surface area (Å²) in [7, 11) is 1.80. The number of rotatable bonds is 1. The lowest BCUT2D eigenvalue weighted by atomic mass is 9.96. The van der Waals surface area contributed by atoms with Crippen molar-refractivity contribution in [2.75, 3.05) is 6.54 Å². The number of aliphatic carboxylic acids is 1. The van der Waals surface area contributed by atoms with Gasteiger partial charge in [0.15, 0.2) is 0 Å². The summed E-state index contributed by atoms with van der Waals surface area (Å²) in [5.74, 6) is -1.26. The van der Waals surface area contributed by atoms with Crippen LogP contribution in [0.3, 0.4) is 0 Å². The second kappa shape index (κ2) is 3.09. The van der Waals surface area contributed by atoms with E-state index in [9.17, 15) is 4.79 Å². The fraction of sp³-hybridized carbons (Fsp3) is 0.556. The van der Waals surface area contributed by atoms with Gasteiger partial charge >= 0.3 is 5.97 Å². The average molecular weight is 195 g/mol. The molecule has 5 nitrogen and oxygen atoms in total. The smallest absolute Gasteiger partial charge is 0.313 e. The van der Waals surface area contributed by atoms with E-state index in [2.05, 4.69) is 10.4 Å². The van der Waals surface area contributed by atoms with Gasteiger partial charge in [-0.2, -0.15) is 5.10 Å². The Morgan fingerprint density at radius 1 is 1.71 bits per heavy atom. The Kier molecular flexibility index (Phi) is 2.03. The van der Waals surface area contributed by atoms with Crippen molar-refractivity contribution < 1.29 is 9.90 Å². The molecule has 2 heterocycles. The topological polar surface area (TPSA) is 67.2 Å². The molecule has 14 heavy (non-hydrogen) atoms. The van der Waals surface area contributed by atoms with Gasteiger partial charge in [-0.1, -0.05) is 0 Å². The van der Waals surface area contributed by atoms with E-state index in [1.54, 1.807) is 11.7 Å². The predicted molar refractivity (Wildman–Crippen MR) is 50.0 cm³/mol. The quantitative estimate of drug-likeness (QED) is 0.662. The molecular weight excluding hydrogens is 182 g/mol. The number of nitrogens with zero attached hydrogens (tertiary/aromatic N) is 2. The maximum absolute atomic E-state index is 11.0. The Hall–Kier alpha value is -1.36. The van der Waals surface area contributed by atoms with Crippen LogP contribution in [0.1, 0.15) is 22.9 Å². The van der Waals surface area contributed by atoms with E-state index in [-0.39, 0.29) is 0 Å². The van der Waals surface area contributed by atoms with Crippen molar-refractivity contribution in [2.24, 2.45) is 7.05 Å². The highest BCUT2D eigenvalue weighted by atomic mass is 16.4. The van der Waals surface area contributed by atoms with Crippen molar-refractivity contribution in [3.05, 3.63) is 17.0 Å². The number of carboxylic acid groups (broad SMARTS) is 1. The lowest BCUT2D eigenvalue weighted by Gasteiger charge is -2.21. The summed E-state index contributed by atoms with van der Waals surface area (Å²) in [5, 5.41) is 16.4. The lowest BCUT2D eigenvalue weighted by molar-refractivity contribution is -0.139. The van der Waals surface area contributed by atoms with Crippen LogP contribution < -0.4 is 5.32 Å². The van der Waals surface area contributed by atoms with Crippen LogP contribution in [0, 0.1) is 6.92 Å². The molecule has 1 aliphatic rings. The molecule has 0 spiro atoms. The molecule has 1 aromatic rings. The summed E-state index contributed by atoms with van der Waals surface area (Å²) in [4.78, 5) is 11.0. The standard InChI is InChI=1S/C9H13N3O2/c1-5-6-3-10-4-7(9(13)14)8(6)12(2)11-5/h7,10H,3-4H2,1-2H3,(H,13,14). The van der Waals surface area contributed by atoms with Gasteiger partial charge in [-0.05, 0) is 6.92 Å². The number of aromatic nitrogens is 2. The minimum absolute atomic E-state index is 0.468. The molecule has 0 amide bonds. The first-order chi connectivity index (χ1) is 6.61. The van der Waals surface area contributed by atoms with E-state index in [0.29, 0.717) is 6.54 Å². The van der Waals surface area contributed by atoms with Crippen LogP contribution in [0.25, 0.3) is 0 Å². The number of carbonyl (C=O) groups is 1. The third-order valence-electron chi connectivity index (χ3n) is 2.67. The van der Waals surface area contributed by atoms with E-state index in [0.717, 1.165) is 23.5 Å². The fourth-order valence-electron chi connectivity index (χ4n) is 2.02. The maximum Gasteiger partial charge on any atom is 0.313 e. The molecule has 0 bridgehead atoms. The van der Waals surface area contributed by atoms with Crippen molar-refractivity contribution in [1.82, 2.24) is 15.1 Å². The zero-order valence-corrected chi connectivity index (χ0v) is 8.24.